The zero-order valence-corrected chi connectivity index (χ0v) is 19.4. The molecule has 2 aliphatic rings. The standard InChI is InChI=1S/C22H24BrClN4O3/c1-2-27-11-3-4-17(27)13-25-20(29)22(31)18-12-14(23)5-10-19(18)26-21(30)28(22)16-8-6-15(24)7-9-16/h5-10,12,17,31H,2-4,11,13H2,1H3,(H,25,29)(H,26,30)/t17-,22+/m1/s1. The number of hydrogen-bond acceptors (Lipinski definition) is 4. The monoisotopic (exact) mass is 506 g/mol. The van der Waals surface area contributed by atoms with Gasteiger partial charge in [-0.3, -0.25) is 14.6 Å². The Balaban J connectivity index is 1.73. The molecule has 0 aliphatic carbocycles. The summed E-state index contributed by atoms with van der Waals surface area (Å²) < 4.78 is 0.678. The number of likely N-dealkylation sites (tertiary alicyclic amines) is 1. The molecule has 0 spiro atoms. The highest BCUT2D eigenvalue weighted by atomic mass is 79.9. The number of halogens is 2. The molecule has 0 radical (unpaired) electrons. The number of rotatable bonds is 5. The number of nitrogens with one attached hydrogen (secondary N) is 2. The predicted octanol–water partition coefficient (Wildman–Crippen LogP) is 3.90. The van der Waals surface area contributed by atoms with Gasteiger partial charge in [0.1, 0.15) is 0 Å². The molecule has 2 aromatic rings. The molecule has 0 unspecified atom stereocenters. The zero-order valence-electron chi connectivity index (χ0n) is 17.1. The molecule has 7 nitrogen and oxygen atoms in total. The van der Waals surface area contributed by atoms with Crippen molar-refractivity contribution < 1.29 is 14.7 Å². The smallest absolute Gasteiger partial charge is 0.329 e. The number of carbonyl (C=O) groups excluding carboxylic acids is 2. The summed E-state index contributed by atoms with van der Waals surface area (Å²) in [6.07, 6.45) is 2.06. The Bertz CT molecular complexity index is 1000. The van der Waals surface area contributed by atoms with Crippen molar-refractivity contribution in [2.45, 2.75) is 31.5 Å². The van der Waals surface area contributed by atoms with Crippen molar-refractivity contribution >= 4 is 50.8 Å². The van der Waals surface area contributed by atoms with Gasteiger partial charge in [-0.1, -0.05) is 34.5 Å². The molecule has 9 heteroatoms. The van der Waals surface area contributed by atoms with Crippen LogP contribution in [0.2, 0.25) is 5.02 Å². The first kappa shape index (κ1) is 22.1. The molecule has 2 atom stereocenters. The lowest BCUT2D eigenvalue weighted by atomic mass is 9.94. The lowest BCUT2D eigenvalue weighted by molar-refractivity contribution is -0.140. The maximum atomic E-state index is 13.5. The van der Waals surface area contributed by atoms with E-state index in [2.05, 4.69) is 38.4 Å². The molecule has 0 aromatic heterocycles. The van der Waals surface area contributed by atoms with Gasteiger partial charge in [-0.2, -0.15) is 0 Å². The van der Waals surface area contributed by atoms with E-state index in [9.17, 15) is 14.7 Å². The summed E-state index contributed by atoms with van der Waals surface area (Å²) in [6, 6.07) is 11.1. The Kier molecular flexibility index (Phi) is 6.25. The van der Waals surface area contributed by atoms with Crippen LogP contribution in [0.3, 0.4) is 0 Å². The van der Waals surface area contributed by atoms with Gasteiger partial charge >= 0.3 is 6.03 Å². The van der Waals surface area contributed by atoms with Crippen molar-refractivity contribution in [1.82, 2.24) is 10.2 Å². The molecule has 3 amide bonds. The van der Waals surface area contributed by atoms with E-state index >= 15 is 0 Å². The van der Waals surface area contributed by atoms with Crippen LogP contribution in [0.4, 0.5) is 16.2 Å². The van der Waals surface area contributed by atoms with Gasteiger partial charge < -0.3 is 15.7 Å². The quantitative estimate of drug-likeness (QED) is 0.573. The first-order valence-corrected chi connectivity index (χ1v) is 11.4. The van der Waals surface area contributed by atoms with Gasteiger partial charge in [0.2, 0.25) is 0 Å². The number of benzene rings is 2. The summed E-state index contributed by atoms with van der Waals surface area (Å²) in [5.41, 5.74) is -1.22. The summed E-state index contributed by atoms with van der Waals surface area (Å²) in [5, 5.41) is 18.0. The lowest BCUT2D eigenvalue weighted by Gasteiger charge is -2.43. The average molecular weight is 508 g/mol. The first-order chi connectivity index (χ1) is 14.8. The van der Waals surface area contributed by atoms with Gasteiger partial charge in [-0.25, -0.2) is 4.79 Å². The van der Waals surface area contributed by atoms with E-state index in [1.54, 1.807) is 42.5 Å². The lowest BCUT2D eigenvalue weighted by Crippen LogP contribution is -2.63. The number of carbonyl (C=O) groups is 2. The Labute approximate surface area is 194 Å². The van der Waals surface area contributed by atoms with Crippen molar-refractivity contribution in [3.63, 3.8) is 0 Å². The minimum absolute atomic E-state index is 0.209. The number of hydrogen-bond donors (Lipinski definition) is 3. The van der Waals surface area contributed by atoms with Gasteiger partial charge in [-0.15, -0.1) is 0 Å². The largest absolute Gasteiger partial charge is 0.359 e. The van der Waals surface area contributed by atoms with Gasteiger partial charge in [0.25, 0.3) is 11.6 Å². The van der Waals surface area contributed by atoms with Gasteiger partial charge in [0.05, 0.1) is 5.69 Å². The summed E-state index contributed by atoms with van der Waals surface area (Å²) in [6.45, 7) is 4.39. The molecule has 164 valence electrons. The highest BCUT2D eigenvalue weighted by Gasteiger charge is 2.52. The molecule has 31 heavy (non-hydrogen) atoms. The number of urea groups is 1. The molecule has 3 N–H and O–H groups in total. The minimum atomic E-state index is -2.23. The van der Waals surface area contributed by atoms with Crippen molar-refractivity contribution in [1.29, 1.82) is 0 Å². The maximum absolute atomic E-state index is 13.5. The van der Waals surface area contributed by atoms with Crippen LogP contribution in [0.15, 0.2) is 46.9 Å². The second-order valence-corrected chi connectivity index (χ2v) is 9.09. The number of amides is 3. The molecule has 2 heterocycles. The Morgan fingerprint density at radius 3 is 2.77 bits per heavy atom. The molecule has 1 saturated heterocycles. The van der Waals surface area contributed by atoms with Crippen LogP contribution in [-0.4, -0.2) is 47.6 Å². The van der Waals surface area contributed by atoms with E-state index in [4.69, 9.17) is 11.6 Å². The predicted molar refractivity (Wildman–Crippen MR) is 124 cm³/mol. The van der Waals surface area contributed by atoms with Gasteiger partial charge in [0, 0.05) is 33.3 Å². The second-order valence-electron chi connectivity index (χ2n) is 7.74. The zero-order chi connectivity index (χ0) is 22.2. The van der Waals surface area contributed by atoms with E-state index < -0.39 is 17.7 Å². The van der Waals surface area contributed by atoms with Crippen LogP contribution in [0.25, 0.3) is 0 Å². The normalized spacial score (nSPS) is 23.4. The van der Waals surface area contributed by atoms with E-state index in [-0.39, 0.29) is 11.6 Å². The number of fused-ring (bicyclic) bond motifs is 1. The third-order valence-electron chi connectivity index (χ3n) is 5.93. The molecule has 1 fully saturated rings. The van der Waals surface area contributed by atoms with Crippen LogP contribution in [-0.2, 0) is 10.5 Å². The van der Waals surface area contributed by atoms with E-state index in [0.29, 0.717) is 27.4 Å². The van der Waals surface area contributed by atoms with Crippen LogP contribution in [0.5, 0.6) is 0 Å². The number of anilines is 2. The van der Waals surface area contributed by atoms with Crippen molar-refractivity contribution in [2.75, 3.05) is 29.9 Å². The number of nitrogens with zero attached hydrogens (tertiary/aromatic N) is 2. The first-order valence-electron chi connectivity index (χ1n) is 10.3. The molecule has 4 rings (SSSR count). The summed E-state index contributed by atoms with van der Waals surface area (Å²) in [4.78, 5) is 29.9. The molecular formula is C22H24BrClN4O3. The third-order valence-corrected chi connectivity index (χ3v) is 6.68. The third kappa shape index (κ3) is 4.05. The van der Waals surface area contributed by atoms with Crippen LogP contribution in [0.1, 0.15) is 25.3 Å². The van der Waals surface area contributed by atoms with Crippen LogP contribution < -0.4 is 15.5 Å². The average Bonchev–Trinajstić information content (AvgIpc) is 3.21. The fourth-order valence-corrected chi connectivity index (χ4v) is 4.83. The Morgan fingerprint density at radius 2 is 2.06 bits per heavy atom. The molecule has 0 bridgehead atoms. The molecule has 0 saturated carbocycles. The molecular weight excluding hydrogens is 484 g/mol. The number of aliphatic hydroxyl groups is 1. The fourth-order valence-electron chi connectivity index (χ4n) is 4.35. The van der Waals surface area contributed by atoms with Crippen molar-refractivity contribution in [3.05, 3.63) is 57.5 Å². The van der Waals surface area contributed by atoms with Crippen molar-refractivity contribution in [2.24, 2.45) is 0 Å². The Morgan fingerprint density at radius 1 is 1.32 bits per heavy atom. The highest BCUT2D eigenvalue weighted by Crippen LogP contribution is 2.41. The minimum Gasteiger partial charge on any atom is -0.359 e. The Hall–Kier alpha value is -2.13. The molecule has 2 aromatic carbocycles. The maximum Gasteiger partial charge on any atom is 0.329 e. The highest BCUT2D eigenvalue weighted by molar-refractivity contribution is 9.10. The van der Waals surface area contributed by atoms with E-state index in [1.807, 2.05) is 0 Å². The summed E-state index contributed by atoms with van der Waals surface area (Å²) in [7, 11) is 0. The fraction of sp³-hybridized carbons (Fsp3) is 0.364. The van der Waals surface area contributed by atoms with Crippen molar-refractivity contribution in [3.8, 4) is 0 Å². The summed E-state index contributed by atoms with van der Waals surface area (Å²) in [5.74, 6) is -0.653. The molecule has 2 aliphatic heterocycles. The van der Waals surface area contributed by atoms with E-state index in [0.717, 1.165) is 30.8 Å². The number of likely N-dealkylation sites (N-methyl/N-ethyl adjacent to an activating group) is 1. The van der Waals surface area contributed by atoms with Crippen LogP contribution >= 0.6 is 27.5 Å². The summed E-state index contributed by atoms with van der Waals surface area (Å²) >= 11 is 9.40. The second kappa shape index (κ2) is 8.78. The van der Waals surface area contributed by atoms with E-state index in [1.165, 1.54) is 0 Å². The van der Waals surface area contributed by atoms with Gasteiger partial charge in [0.15, 0.2) is 0 Å². The van der Waals surface area contributed by atoms with Crippen LogP contribution in [0, 0.1) is 0 Å². The van der Waals surface area contributed by atoms with Gasteiger partial charge in [-0.05, 0) is 68.4 Å². The SMILES string of the molecule is CCN1CCC[C@@H]1CNC(=O)[C@@]1(O)c2cc(Br)ccc2NC(=O)N1c1ccc(Cl)cc1. The topological polar surface area (TPSA) is 84.9 Å².